The van der Waals surface area contributed by atoms with Gasteiger partial charge in [-0.05, 0) is 34.1 Å². The van der Waals surface area contributed by atoms with E-state index in [-0.39, 0.29) is 24.8 Å². The van der Waals surface area contributed by atoms with E-state index in [9.17, 15) is 9.90 Å². The van der Waals surface area contributed by atoms with Gasteiger partial charge in [0.2, 0.25) is 0 Å². The van der Waals surface area contributed by atoms with Gasteiger partial charge in [0.1, 0.15) is 5.60 Å². The molecule has 5 nitrogen and oxygen atoms in total. The molecule has 0 aromatic carbocycles. The second kappa shape index (κ2) is 5.69. The highest BCUT2D eigenvalue weighted by Gasteiger charge is 2.37. The molecule has 100 valence electrons. The van der Waals surface area contributed by atoms with Gasteiger partial charge in [-0.2, -0.15) is 0 Å². The van der Waals surface area contributed by atoms with Gasteiger partial charge in [0.15, 0.2) is 0 Å². The van der Waals surface area contributed by atoms with Gasteiger partial charge < -0.3 is 19.5 Å². The Labute approximate surface area is 103 Å². The lowest BCUT2D eigenvalue weighted by Gasteiger charge is -2.27. The fourth-order valence-corrected chi connectivity index (χ4v) is 1.95. The van der Waals surface area contributed by atoms with Crippen molar-refractivity contribution in [2.45, 2.75) is 51.9 Å². The van der Waals surface area contributed by atoms with Gasteiger partial charge in [-0.15, -0.1) is 0 Å². The minimum atomic E-state index is -0.513. The van der Waals surface area contributed by atoms with Crippen LogP contribution in [0.1, 0.15) is 34.1 Å². The highest BCUT2D eigenvalue weighted by Crippen LogP contribution is 2.22. The quantitative estimate of drug-likeness (QED) is 0.816. The van der Waals surface area contributed by atoms with Crippen LogP contribution in [-0.2, 0) is 9.47 Å². The summed E-state index contributed by atoms with van der Waals surface area (Å²) in [5.74, 6) is 0. The molecular formula is C12H23NO4. The molecule has 0 bridgehead atoms. The van der Waals surface area contributed by atoms with Crippen LogP contribution in [0.25, 0.3) is 0 Å². The van der Waals surface area contributed by atoms with Gasteiger partial charge in [0.05, 0.1) is 25.3 Å². The number of amides is 1. The van der Waals surface area contributed by atoms with E-state index < -0.39 is 5.60 Å². The van der Waals surface area contributed by atoms with Gasteiger partial charge in [0, 0.05) is 6.61 Å². The number of likely N-dealkylation sites (tertiary alicyclic amines) is 1. The van der Waals surface area contributed by atoms with Gasteiger partial charge in [-0.1, -0.05) is 0 Å². The van der Waals surface area contributed by atoms with Crippen molar-refractivity contribution in [3.63, 3.8) is 0 Å². The molecule has 1 amide bonds. The van der Waals surface area contributed by atoms with Crippen LogP contribution in [0.5, 0.6) is 0 Å². The lowest BCUT2D eigenvalue weighted by Crippen LogP contribution is -2.41. The third-order valence-corrected chi connectivity index (χ3v) is 2.62. The first-order chi connectivity index (χ1) is 7.87. The molecule has 1 saturated heterocycles. The summed E-state index contributed by atoms with van der Waals surface area (Å²) in [4.78, 5) is 13.5. The Balaban J connectivity index is 2.59. The lowest BCUT2D eigenvalue weighted by atomic mass is 10.2. The predicted molar refractivity (Wildman–Crippen MR) is 63.8 cm³/mol. The highest BCUT2D eigenvalue weighted by atomic mass is 16.6. The fourth-order valence-electron chi connectivity index (χ4n) is 1.95. The monoisotopic (exact) mass is 245 g/mol. The first-order valence-electron chi connectivity index (χ1n) is 6.09. The van der Waals surface area contributed by atoms with E-state index in [2.05, 4.69) is 0 Å². The highest BCUT2D eigenvalue weighted by molar-refractivity contribution is 5.69. The molecule has 1 rings (SSSR count). The number of nitrogens with zero attached hydrogens (tertiary/aromatic N) is 1. The van der Waals surface area contributed by atoms with Gasteiger partial charge in [0.25, 0.3) is 0 Å². The molecule has 1 aliphatic rings. The van der Waals surface area contributed by atoms with Gasteiger partial charge >= 0.3 is 6.09 Å². The second-order valence-corrected chi connectivity index (χ2v) is 5.28. The average molecular weight is 245 g/mol. The summed E-state index contributed by atoms with van der Waals surface area (Å²) in [7, 11) is 0. The van der Waals surface area contributed by atoms with Crippen molar-refractivity contribution in [2.75, 3.05) is 19.8 Å². The maximum absolute atomic E-state index is 11.9. The Morgan fingerprint density at radius 3 is 2.59 bits per heavy atom. The van der Waals surface area contributed by atoms with E-state index in [1.54, 1.807) is 4.90 Å². The summed E-state index contributed by atoms with van der Waals surface area (Å²) in [6, 6.07) is -0.193. The number of aliphatic hydroxyl groups excluding tert-OH is 1. The molecule has 1 aliphatic heterocycles. The lowest BCUT2D eigenvalue weighted by molar-refractivity contribution is 0.0140. The largest absolute Gasteiger partial charge is 0.444 e. The molecule has 0 spiro atoms. The molecule has 0 saturated carbocycles. The zero-order valence-electron chi connectivity index (χ0n) is 11.1. The second-order valence-electron chi connectivity index (χ2n) is 5.28. The smallest absolute Gasteiger partial charge is 0.410 e. The Morgan fingerprint density at radius 1 is 1.47 bits per heavy atom. The number of carbonyl (C=O) groups excluding carboxylic acids is 1. The van der Waals surface area contributed by atoms with E-state index in [0.717, 1.165) is 0 Å². The third-order valence-electron chi connectivity index (χ3n) is 2.62. The summed E-state index contributed by atoms with van der Waals surface area (Å²) >= 11 is 0. The molecule has 0 aromatic heterocycles. The number of carbonyl (C=O) groups is 1. The maximum atomic E-state index is 11.9. The number of hydrogen-bond donors (Lipinski definition) is 1. The van der Waals surface area contributed by atoms with E-state index in [4.69, 9.17) is 9.47 Å². The van der Waals surface area contributed by atoms with Crippen LogP contribution in [0.15, 0.2) is 0 Å². The number of aliphatic hydroxyl groups is 1. The molecule has 5 heteroatoms. The van der Waals surface area contributed by atoms with Crippen LogP contribution in [0.3, 0.4) is 0 Å². The van der Waals surface area contributed by atoms with Crippen molar-refractivity contribution >= 4 is 6.09 Å². The minimum Gasteiger partial charge on any atom is -0.444 e. The normalized spacial score (nSPS) is 25.1. The van der Waals surface area contributed by atoms with E-state index >= 15 is 0 Å². The molecule has 1 N–H and O–H groups in total. The van der Waals surface area contributed by atoms with Crippen LogP contribution in [0.4, 0.5) is 4.79 Å². The topological polar surface area (TPSA) is 59.0 Å². The van der Waals surface area contributed by atoms with Crippen LogP contribution < -0.4 is 0 Å². The van der Waals surface area contributed by atoms with E-state index in [0.29, 0.717) is 19.6 Å². The standard InChI is InChI=1S/C12H23NO4/c1-5-16-10-6-9(8-14)13(7-10)11(15)17-12(2,3)4/h9-10,14H,5-8H2,1-4H3/t9-,10-/m1/s1. The first-order valence-corrected chi connectivity index (χ1v) is 6.09. The molecule has 0 unspecified atom stereocenters. The van der Waals surface area contributed by atoms with Crippen molar-refractivity contribution in [3.8, 4) is 0 Å². The molecule has 0 aliphatic carbocycles. The van der Waals surface area contributed by atoms with Crippen LogP contribution in [0, 0.1) is 0 Å². The Morgan fingerprint density at radius 2 is 2.12 bits per heavy atom. The van der Waals surface area contributed by atoms with E-state index in [1.165, 1.54) is 0 Å². The van der Waals surface area contributed by atoms with Crippen LogP contribution in [-0.4, -0.2) is 53.6 Å². The number of hydrogen-bond acceptors (Lipinski definition) is 4. The molecular weight excluding hydrogens is 222 g/mol. The van der Waals surface area contributed by atoms with Crippen LogP contribution >= 0.6 is 0 Å². The van der Waals surface area contributed by atoms with Crippen molar-refractivity contribution in [2.24, 2.45) is 0 Å². The summed E-state index contributed by atoms with van der Waals surface area (Å²) in [6.45, 7) is 8.46. The Kier molecular flexibility index (Phi) is 4.77. The predicted octanol–water partition coefficient (Wildman–Crippen LogP) is 1.39. The Hall–Kier alpha value is -0.810. The zero-order valence-corrected chi connectivity index (χ0v) is 11.1. The molecule has 17 heavy (non-hydrogen) atoms. The summed E-state index contributed by atoms with van der Waals surface area (Å²) in [5, 5.41) is 9.26. The average Bonchev–Trinajstić information content (AvgIpc) is 2.59. The zero-order chi connectivity index (χ0) is 13.1. The molecule has 2 atom stereocenters. The number of rotatable bonds is 3. The maximum Gasteiger partial charge on any atom is 0.410 e. The van der Waals surface area contributed by atoms with Crippen molar-refractivity contribution in [3.05, 3.63) is 0 Å². The fraction of sp³-hybridized carbons (Fsp3) is 0.917. The van der Waals surface area contributed by atoms with Crippen molar-refractivity contribution in [1.82, 2.24) is 4.90 Å². The van der Waals surface area contributed by atoms with Gasteiger partial charge in [-0.3, -0.25) is 0 Å². The number of ether oxygens (including phenoxy) is 2. The molecule has 0 aromatic rings. The first kappa shape index (κ1) is 14.3. The van der Waals surface area contributed by atoms with Gasteiger partial charge in [-0.25, -0.2) is 4.79 Å². The summed E-state index contributed by atoms with van der Waals surface area (Å²) in [5.41, 5.74) is -0.513. The minimum absolute atomic E-state index is 0.00432. The Bertz CT molecular complexity index is 262. The molecule has 1 heterocycles. The molecule has 1 fully saturated rings. The van der Waals surface area contributed by atoms with Crippen molar-refractivity contribution < 1.29 is 19.4 Å². The summed E-state index contributed by atoms with van der Waals surface area (Å²) < 4.78 is 10.8. The summed E-state index contributed by atoms with van der Waals surface area (Å²) in [6.07, 6.45) is 0.298. The SMILES string of the molecule is CCO[C@@H]1C[C@H](CO)N(C(=O)OC(C)(C)C)C1. The van der Waals surface area contributed by atoms with Crippen LogP contribution in [0.2, 0.25) is 0 Å². The molecule has 0 radical (unpaired) electrons. The third kappa shape index (κ3) is 4.16. The van der Waals surface area contributed by atoms with Crippen molar-refractivity contribution in [1.29, 1.82) is 0 Å². The van der Waals surface area contributed by atoms with E-state index in [1.807, 2.05) is 27.7 Å².